The van der Waals surface area contributed by atoms with E-state index in [0.717, 1.165) is 62.3 Å². The van der Waals surface area contributed by atoms with Gasteiger partial charge in [0.15, 0.2) is 0 Å². The summed E-state index contributed by atoms with van der Waals surface area (Å²) in [5.74, 6) is 0. The van der Waals surface area contributed by atoms with Gasteiger partial charge in [-0.1, -0.05) is 152 Å². The molecule has 0 saturated heterocycles. The third-order valence-electron chi connectivity index (χ3n) is 10.9. The topological polar surface area (TPSA) is 9.72 Å². The SMILES string of the molecule is c1ccc(N(c2ccccc2)c2ccc(N(c3ccccc3)c3ccccc3)c(-c3cccc4cc5ccccc5c(N(c5ccccc5)c5ccccc5)c34)c2)cc1. The molecule has 0 unspecified atom stereocenters. The first kappa shape index (κ1) is 35.5. The highest BCUT2D eigenvalue weighted by Gasteiger charge is 2.25. The second-order valence-corrected chi connectivity index (χ2v) is 14.6. The largest absolute Gasteiger partial charge is 0.310 e. The van der Waals surface area contributed by atoms with Crippen LogP contribution in [0.25, 0.3) is 32.7 Å². The van der Waals surface area contributed by atoms with Crippen LogP contribution in [0, 0.1) is 0 Å². The van der Waals surface area contributed by atoms with E-state index < -0.39 is 0 Å². The molecule has 280 valence electrons. The van der Waals surface area contributed by atoms with Crippen LogP contribution in [0.2, 0.25) is 0 Å². The minimum absolute atomic E-state index is 1.06. The molecule has 0 aliphatic carbocycles. The fourth-order valence-electron chi connectivity index (χ4n) is 8.37. The standard InChI is InChI=1S/C56H41N3/c1-7-24-44(25-8-1)57(45-26-9-2-10-27-45)50-38-39-54(58(46-28-11-3-12-29-46)47-30-13-4-14-31-47)53(41-50)52-37-21-23-43-40-42-22-19-20-36-51(42)56(55(43)52)59(48-32-15-5-16-33-48)49-34-17-6-18-35-49/h1-41H. The number of para-hydroxylation sites is 6. The maximum absolute atomic E-state index is 2.43. The van der Waals surface area contributed by atoms with Gasteiger partial charge in [-0.2, -0.15) is 0 Å². The molecule has 0 spiro atoms. The van der Waals surface area contributed by atoms with Crippen LogP contribution in [0.4, 0.5) is 51.2 Å². The van der Waals surface area contributed by atoms with Crippen LogP contribution in [0.5, 0.6) is 0 Å². The highest BCUT2D eigenvalue weighted by molar-refractivity contribution is 6.19. The molecule has 0 amide bonds. The zero-order valence-electron chi connectivity index (χ0n) is 32.5. The Morgan fingerprint density at radius 1 is 0.237 bits per heavy atom. The lowest BCUT2D eigenvalue weighted by Gasteiger charge is -2.32. The number of benzene rings is 10. The van der Waals surface area contributed by atoms with Crippen LogP contribution in [0.3, 0.4) is 0 Å². The van der Waals surface area contributed by atoms with Gasteiger partial charge in [0.1, 0.15) is 0 Å². The molecule has 10 rings (SSSR count). The minimum atomic E-state index is 1.06. The molecule has 0 heterocycles. The van der Waals surface area contributed by atoms with Crippen molar-refractivity contribution in [2.45, 2.75) is 0 Å². The van der Waals surface area contributed by atoms with Crippen molar-refractivity contribution < 1.29 is 0 Å². The molecule has 3 nitrogen and oxygen atoms in total. The summed E-state index contributed by atoms with van der Waals surface area (Å²) in [7, 11) is 0. The third-order valence-corrected chi connectivity index (χ3v) is 10.9. The van der Waals surface area contributed by atoms with Crippen LogP contribution >= 0.6 is 0 Å². The molecule has 0 atom stereocenters. The molecule has 10 aromatic rings. The first-order chi connectivity index (χ1) is 29.3. The van der Waals surface area contributed by atoms with Crippen molar-refractivity contribution >= 4 is 72.7 Å². The Morgan fingerprint density at radius 3 is 1.14 bits per heavy atom. The lowest BCUT2D eigenvalue weighted by Crippen LogP contribution is -2.14. The number of anilines is 9. The van der Waals surface area contributed by atoms with Gasteiger partial charge in [0.25, 0.3) is 0 Å². The van der Waals surface area contributed by atoms with Crippen molar-refractivity contribution in [1.82, 2.24) is 0 Å². The summed E-state index contributed by atoms with van der Waals surface area (Å²) in [4.78, 5) is 7.18. The summed E-state index contributed by atoms with van der Waals surface area (Å²) in [6.07, 6.45) is 0. The molecule has 59 heavy (non-hydrogen) atoms. The minimum Gasteiger partial charge on any atom is -0.310 e. The fourth-order valence-corrected chi connectivity index (χ4v) is 8.37. The monoisotopic (exact) mass is 755 g/mol. The normalized spacial score (nSPS) is 11.1. The molecule has 3 heteroatoms. The van der Waals surface area contributed by atoms with Crippen LogP contribution in [0.15, 0.2) is 249 Å². The van der Waals surface area contributed by atoms with Gasteiger partial charge in [-0.15, -0.1) is 0 Å². The van der Waals surface area contributed by atoms with E-state index in [1.54, 1.807) is 0 Å². The first-order valence-electron chi connectivity index (χ1n) is 20.1. The molecular weight excluding hydrogens is 715 g/mol. The smallest absolute Gasteiger partial charge is 0.0624 e. The summed E-state index contributed by atoms with van der Waals surface area (Å²) in [5.41, 5.74) is 12.0. The van der Waals surface area contributed by atoms with Crippen molar-refractivity contribution in [3.05, 3.63) is 249 Å². The summed E-state index contributed by atoms with van der Waals surface area (Å²) < 4.78 is 0. The van der Waals surface area contributed by atoms with Crippen molar-refractivity contribution in [2.24, 2.45) is 0 Å². The Bertz CT molecular complexity index is 2850. The summed E-state index contributed by atoms with van der Waals surface area (Å²) >= 11 is 0. The van der Waals surface area contributed by atoms with Crippen LogP contribution in [-0.2, 0) is 0 Å². The Morgan fingerprint density at radius 2 is 0.644 bits per heavy atom. The average molecular weight is 756 g/mol. The van der Waals surface area contributed by atoms with Gasteiger partial charge >= 0.3 is 0 Å². The molecule has 0 aliphatic rings. The van der Waals surface area contributed by atoms with Crippen LogP contribution < -0.4 is 14.7 Å². The van der Waals surface area contributed by atoms with Crippen molar-refractivity contribution in [1.29, 1.82) is 0 Å². The maximum Gasteiger partial charge on any atom is 0.0624 e. The number of rotatable bonds is 10. The average Bonchev–Trinajstić information content (AvgIpc) is 3.31. The van der Waals surface area contributed by atoms with Gasteiger partial charge in [0.2, 0.25) is 0 Å². The second-order valence-electron chi connectivity index (χ2n) is 14.6. The molecule has 0 aliphatic heterocycles. The predicted octanol–water partition coefficient (Wildman–Crippen LogP) is 16.1. The van der Waals surface area contributed by atoms with E-state index in [-0.39, 0.29) is 0 Å². The zero-order chi connectivity index (χ0) is 39.4. The summed E-state index contributed by atoms with van der Waals surface area (Å²) in [6, 6.07) is 89.1. The molecule has 10 aromatic carbocycles. The number of nitrogens with zero attached hydrogens (tertiary/aromatic N) is 3. The van der Waals surface area contributed by atoms with Crippen LogP contribution in [-0.4, -0.2) is 0 Å². The van der Waals surface area contributed by atoms with E-state index >= 15 is 0 Å². The van der Waals surface area contributed by atoms with Gasteiger partial charge in [0.05, 0.1) is 11.4 Å². The number of hydrogen-bond donors (Lipinski definition) is 0. The Kier molecular flexibility index (Phi) is 9.59. The van der Waals surface area contributed by atoms with Gasteiger partial charge < -0.3 is 14.7 Å². The van der Waals surface area contributed by atoms with Gasteiger partial charge in [-0.3, -0.25) is 0 Å². The maximum atomic E-state index is 2.43. The first-order valence-corrected chi connectivity index (χ1v) is 20.1. The summed E-state index contributed by atoms with van der Waals surface area (Å²) in [5, 5.41) is 4.70. The molecule has 0 aromatic heterocycles. The van der Waals surface area contributed by atoms with Crippen molar-refractivity contribution in [2.75, 3.05) is 14.7 Å². The highest BCUT2D eigenvalue weighted by atomic mass is 15.2. The molecule has 0 bridgehead atoms. The fraction of sp³-hybridized carbons (Fsp3) is 0. The van der Waals surface area contributed by atoms with Gasteiger partial charge in [-0.05, 0) is 113 Å². The predicted molar refractivity (Wildman–Crippen MR) is 251 cm³/mol. The number of fused-ring (bicyclic) bond motifs is 2. The van der Waals surface area contributed by atoms with E-state index in [1.807, 2.05) is 0 Å². The number of hydrogen-bond acceptors (Lipinski definition) is 3. The zero-order valence-corrected chi connectivity index (χ0v) is 32.5. The molecule has 0 radical (unpaired) electrons. The molecule has 0 saturated carbocycles. The van der Waals surface area contributed by atoms with E-state index in [4.69, 9.17) is 0 Å². The molecular formula is C56H41N3. The second kappa shape index (κ2) is 15.9. The molecule has 0 fully saturated rings. The van der Waals surface area contributed by atoms with Crippen molar-refractivity contribution in [3.8, 4) is 11.1 Å². The Labute approximate surface area is 345 Å². The highest BCUT2D eigenvalue weighted by Crippen LogP contribution is 2.51. The summed E-state index contributed by atoms with van der Waals surface area (Å²) in [6.45, 7) is 0. The molecule has 0 N–H and O–H groups in total. The van der Waals surface area contributed by atoms with E-state index in [0.29, 0.717) is 0 Å². The van der Waals surface area contributed by atoms with Gasteiger partial charge in [0, 0.05) is 56.1 Å². The van der Waals surface area contributed by atoms with Crippen molar-refractivity contribution in [3.63, 3.8) is 0 Å². The lowest BCUT2D eigenvalue weighted by molar-refractivity contribution is 1.26. The van der Waals surface area contributed by atoms with E-state index in [9.17, 15) is 0 Å². The Hall–Kier alpha value is -7.88. The third kappa shape index (κ3) is 6.85. The van der Waals surface area contributed by atoms with E-state index in [1.165, 1.54) is 21.5 Å². The quantitative estimate of drug-likeness (QED) is 0.129. The van der Waals surface area contributed by atoms with Gasteiger partial charge in [-0.25, -0.2) is 0 Å². The van der Waals surface area contributed by atoms with E-state index in [2.05, 4.69) is 263 Å². The Balaban J connectivity index is 1.34. The lowest BCUT2D eigenvalue weighted by atomic mass is 9.91. The van der Waals surface area contributed by atoms with Crippen LogP contribution in [0.1, 0.15) is 0 Å².